The molecule has 1 fully saturated rings. The van der Waals surface area contributed by atoms with Crippen LogP contribution in [0.25, 0.3) is 0 Å². The van der Waals surface area contributed by atoms with E-state index < -0.39 is 6.10 Å². The number of nitrogens with one attached hydrogen (secondary N) is 1. The first kappa shape index (κ1) is 11.2. The van der Waals surface area contributed by atoms with Crippen molar-refractivity contribution in [1.82, 2.24) is 5.32 Å². The molecule has 4 nitrogen and oxygen atoms in total. The van der Waals surface area contributed by atoms with Crippen molar-refractivity contribution in [3.63, 3.8) is 0 Å². The zero-order chi connectivity index (χ0) is 11.5. The molecule has 4 N–H and O–H groups in total. The smallest absolute Gasteiger partial charge is 0.142 e. The molecule has 1 saturated heterocycles. The number of rotatable bonds is 3. The van der Waals surface area contributed by atoms with Crippen molar-refractivity contribution >= 4 is 5.69 Å². The number of ether oxygens (including phenoxy) is 1. The first-order valence-electron chi connectivity index (χ1n) is 5.55. The number of anilines is 1. The quantitative estimate of drug-likeness (QED) is 0.665. The Morgan fingerprint density at radius 1 is 1.56 bits per heavy atom. The normalized spacial score (nSPS) is 22.0. The fourth-order valence-electron chi connectivity index (χ4n) is 2.20. The van der Waals surface area contributed by atoms with Gasteiger partial charge in [-0.3, -0.25) is 0 Å². The largest absolute Gasteiger partial charge is 0.495 e. The SMILES string of the molecule is COc1cccc(C(O)C2CCNC2)c1N. The van der Waals surface area contributed by atoms with E-state index in [0.717, 1.165) is 25.1 Å². The molecule has 16 heavy (non-hydrogen) atoms. The first-order chi connectivity index (χ1) is 7.74. The van der Waals surface area contributed by atoms with Gasteiger partial charge in [0.15, 0.2) is 0 Å². The number of hydrogen-bond acceptors (Lipinski definition) is 4. The second-order valence-corrected chi connectivity index (χ2v) is 4.16. The summed E-state index contributed by atoms with van der Waals surface area (Å²) in [5.74, 6) is 0.872. The van der Waals surface area contributed by atoms with Crippen LogP contribution in [0, 0.1) is 5.92 Å². The van der Waals surface area contributed by atoms with Crippen LogP contribution in [0.5, 0.6) is 5.75 Å². The summed E-state index contributed by atoms with van der Waals surface area (Å²) in [6, 6.07) is 5.52. The lowest BCUT2D eigenvalue weighted by Crippen LogP contribution is -2.17. The van der Waals surface area contributed by atoms with Crippen LogP contribution in [0.1, 0.15) is 18.1 Å². The molecule has 2 unspecified atom stereocenters. The van der Waals surface area contributed by atoms with E-state index in [4.69, 9.17) is 10.5 Å². The molecule has 0 aliphatic carbocycles. The van der Waals surface area contributed by atoms with Gasteiger partial charge in [-0.25, -0.2) is 0 Å². The standard InChI is InChI=1S/C12H18N2O2/c1-16-10-4-2-3-9(11(10)13)12(15)8-5-6-14-7-8/h2-4,8,12,14-15H,5-7,13H2,1H3. The maximum absolute atomic E-state index is 10.2. The lowest BCUT2D eigenvalue weighted by atomic mass is 9.94. The minimum absolute atomic E-state index is 0.245. The summed E-state index contributed by atoms with van der Waals surface area (Å²) in [5.41, 5.74) is 7.27. The fraction of sp³-hybridized carbons (Fsp3) is 0.500. The highest BCUT2D eigenvalue weighted by atomic mass is 16.5. The monoisotopic (exact) mass is 222 g/mol. The molecule has 1 aromatic rings. The molecule has 0 spiro atoms. The minimum Gasteiger partial charge on any atom is -0.495 e. The topological polar surface area (TPSA) is 67.5 Å². The number of aliphatic hydroxyl groups excluding tert-OH is 1. The molecular formula is C12H18N2O2. The Balaban J connectivity index is 2.25. The maximum atomic E-state index is 10.2. The summed E-state index contributed by atoms with van der Waals surface area (Å²) >= 11 is 0. The predicted octanol–water partition coefficient (Wildman–Crippen LogP) is 0.920. The summed E-state index contributed by atoms with van der Waals surface area (Å²) in [6.07, 6.45) is 0.475. The van der Waals surface area contributed by atoms with Crippen molar-refractivity contribution in [2.75, 3.05) is 25.9 Å². The Bertz CT molecular complexity index is 362. The molecule has 0 saturated carbocycles. The van der Waals surface area contributed by atoms with Crippen LogP contribution in [0.2, 0.25) is 0 Å². The molecule has 2 rings (SSSR count). The molecule has 0 bridgehead atoms. The Hall–Kier alpha value is -1.26. The average molecular weight is 222 g/mol. The predicted molar refractivity (Wildman–Crippen MR) is 63.3 cm³/mol. The lowest BCUT2D eigenvalue weighted by molar-refractivity contribution is 0.118. The molecule has 1 aromatic carbocycles. The van der Waals surface area contributed by atoms with Gasteiger partial charge in [-0.1, -0.05) is 12.1 Å². The van der Waals surface area contributed by atoms with Gasteiger partial charge in [0.1, 0.15) is 5.75 Å². The fourth-order valence-corrected chi connectivity index (χ4v) is 2.20. The Labute approximate surface area is 95.4 Å². The van der Waals surface area contributed by atoms with Crippen molar-refractivity contribution in [3.05, 3.63) is 23.8 Å². The number of methoxy groups -OCH3 is 1. The van der Waals surface area contributed by atoms with Crippen molar-refractivity contribution in [2.45, 2.75) is 12.5 Å². The molecule has 1 aliphatic rings. The maximum Gasteiger partial charge on any atom is 0.142 e. The van der Waals surface area contributed by atoms with Gasteiger partial charge in [-0.05, 0) is 19.0 Å². The molecular weight excluding hydrogens is 204 g/mol. The highest BCUT2D eigenvalue weighted by molar-refractivity contribution is 5.59. The Morgan fingerprint density at radius 3 is 3.00 bits per heavy atom. The minimum atomic E-state index is -0.509. The highest BCUT2D eigenvalue weighted by Crippen LogP contribution is 2.34. The third-order valence-electron chi connectivity index (χ3n) is 3.18. The van der Waals surface area contributed by atoms with E-state index in [2.05, 4.69) is 5.32 Å². The van der Waals surface area contributed by atoms with Crippen LogP contribution in [0.4, 0.5) is 5.69 Å². The summed E-state index contributed by atoms with van der Waals surface area (Å²) in [7, 11) is 1.58. The second-order valence-electron chi connectivity index (χ2n) is 4.16. The number of hydrogen-bond donors (Lipinski definition) is 3. The van der Waals surface area contributed by atoms with Crippen molar-refractivity contribution in [1.29, 1.82) is 0 Å². The van der Waals surface area contributed by atoms with Gasteiger partial charge in [0.05, 0.1) is 18.9 Å². The van der Waals surface area contributed by atoms with E-state index in [1.54, 1.807) is 13.2 Å². The molecule has 88 valence electrons. The van der Waals surface area contributed by atoms with Crippen molar-refractivity contribution < 1.29 is 9.84 Å². The number of para-hydroxylation sites is 1. The van der Waals surface area contributed by atoms with E-state index in [9.17, 15) is 5.11 Å². The summed E-state index contributed by atoms with van der Waals surface area (Å²) < 4.78 is 5.15. The summed E-state index contributed by atoms with van der Waals surface area (Å²) in [5, 5.41) is 13.5. The molecule has 1 heterocycles. The molecule has 4 heteroatoms. The van der Waals surface area contributed by atoms with E-state index >= 15 is 0 Å². The van der Waals surface area contributed by atoms with Crippen LogP contribution < -0.4 is 15.8 Å². The molecule has 1 aliphatic heterocycles. The van der Waals surface area contributed by atoms with Crippen LogP contribution in [-0.4, -0.2) is 25.3 Å². The highest BCUT2D eigenvalue weighted by Gasteiger charge is 2.26. The van der Waals surface area contributed by atoms with E-state index in [1.165, 1.54) is 0 Å². The van der Waals surface area contributed by atoms with Crippen molar-refractivity contribution in [2.24, 2.45) is 5.92 Å². The third-order valence-corrected chi connectivity index (χ3v) is 3.18. The second kappa shape index (κ2) is 4.72. The Morgan fingerprint density at radius 2 is 2.38 bits per heavy atom. The zero-order valence-electron chi connectivity index (χ0n) is 9.44. The van der Waals surface area contributed by atoms with E-state index in [0.29, 0.717) is 11.4 Å². The van der Waals surface area contributed by atoms with Gasteiger partial charge in [0.25, 0.3) is 0 Å². The van der Waals surface area contributed by atoms with E-state index in [-0.39, 0.29) is 5.92 Å². The Kier molecular flexibility index (Phi) is 3.31. The van der Waals surface area contributed by atoms with Gasteiger partial charge >= 0.3 is 0 Å². The number of aliphatic hydroxyl groups is 1. The molecule has 0 radical (unpaired) electrons. The van der Waals surface area contributed by atoms with Crippen LogP contribution in [-0.2, 0) is 0 Å². The zero-order valence-corrected chi connectivity index (χ0v) is 9.44. The number of benzene rings is 1. The molecule has 2 atom stereocenters. The van der Waals surface area contributed by atoms with Gasteiger partial charge < -0.3 is 20.9 Å². The van der Waals surface area contributed by atoms with Gasteiger partial charge in [-0.2, -0.15) is 0 Å². The third kappa shape index (κ3) is 1.99. The summed E-state index contributed by atoms with van der Waals surface area (Å²) in [6.45, 7) is 1.81. The summed E-state index contributed by atoms with van der Waals surface area (Å²) in [4.78, 5) is 0. The van der Waals surface area contributed by atoms with E-state index in [1.807, 2.05) is 12.1 Å². The van der Waals surface area contributed by atoms with Crippen LogP contribution in [0.15, 0.2) is 18.2 Å². The number of nitrogen functional groups attached to an aromatic ring is 1. The molecule has 0 aromatic heterocycles. The van der Waals surface area contributed by atoms with Gasteiger partial charge in [0, 0.05) is 18.0 Å². The first-order valence-corrected chi connectivity index (χ1v) is 5.55. The van der Waals surface area contributed by atoms with Crippen LogP contribution in [0.3, 0.4) is 0 Å². The number of nitrogens with two attached hydrogens (primary N) is 1. The van der Waals surface area contributed by atoms with Gasteiger partial charge in [-0.15, -0.1) is 0 Å². The van der Waals surface area contributed by atoms with Gasteiger partial charge in [0.2, 0.25) is 0 Å². The van der Waals surface area contributed by atoms with Crippen molar-refractivity contribution in [3.8, 4) is 5.75 Å². The molecule has 0 amide bonds. The van der Waals surface area contributed by atoms with Crippen LogP contribution >= 0.6 is 0 Å². The lowest BCUT2D eigenvalue weighted by Gasteiger charge is -2.20. The average Bonchev–Trinajstić information content (AvgIpc) is 2.82.